The molecule has 0 aliphatic carbocycles. The summed E-state index contributed by atoms with van der Waals surface area (Å²) in [6, 6.07) is 20.9. The summed E-state index contributed by atoms with van der Waals surface area (Å²) >= 11 is 0.299. The Morgan fingerprint density at radius 2 is 1.00 bits per heavy atom. The van der Waals surface area contributed by atoms with Crippen molar-refractivity contribution in [3.05, 3.63) is 60.9 Å². The third-order valence-electron chi connectivity index (χ3n) is 6.38. The van der Waals surface area contributed by atoms with Gasteiger partial charge in [-0.25, -0.2) is 0 Å². The van der Waals surface area contributed by atoms with E-state index in [0.717, 1.165) is 13.1 Å². The minimum absolute atomic E-state index is 0.299. The van der Waals surface area contributed by atoms with Gasteiger partial charge >= 0.3 is 209 Å². The molecule has 2 aromatic carbocycles. The van der Waals surface area contributed by atoms with Crippen LogP contribution in [0.25, 0.3) is 21.8 Å². The summed E-state index contributed by atoms with van der Waals surface area (Å²) in [7, 11) is -1.99. The van der Waals surface area contributed by atoms with Gasteiger partial charge in [0.15, 0.2) is 0 Å². The molecule has 0 radical (unpaired) electrons. The van der Waals surface area contributed by atoms with E-state index in [0.29, 0.717) is 15.0 Å². The molecule has 0 saturated carbocycles. The van der Waals surface area contributed by atoms with Crippen LogP contribution in [0.15, 0.2) is 60.9 Å². The Morgan fingerprint density at radius 1 is 0.606 bits per heavy atom. The van der Waals surface area contributed by atoms with Gasteiger partial charge in [-0.2, -0.15) is 0 Å². The summed E-state index contributed by atoms with van der Waals surface area (Å²) in [5.41, 5.74) is 2.81. The summed E-state index contributed by atoms with van der Waals surface area (Å²) < 4.78 is 8.10. The van der Waals surface area contributed by atoms with Gasteiger partial charge in [-0.15, -0.1) is 0 Å². The van der Waals surface area contributed by atoms with Crippen molar-refractivity contribution < 1.29 is 0 Å². The third kappa shape index (κ3) is 6.33. The average Bonchev–Trinajstić information content (AvgIpc) is 3.26. The van der Waals surface area contributed by atoms with Crippen LogP contribution in [-0.2, 0) is 13.1 Å². The van der Waals surface area contributed by atoms with Crippen LogP contribution >= 0.6 is 0 Å². The molecule has 33 heavy (non-hydrogen) atoms. The number of rotatable bonds is 10. The van der Waals surface area contributed by atoms with Crippen LogP contribution in [0, 0.1) is 0 Å². The molecule has 5 heteroatoms. The molecular weight excluding hydrogens is 499 g/mol. The van der Waals surface area contributed by atoms with Crippen LogP contribution in [0.3, 0.4) is 0 Å². The van der Waals surface area contributed by atoms with Gasteiger partial charge in [0.2, 0.25) is 0 Å². The van der Waals surface area contributed by atoms with E-state index in [1.54, 1.807) is 0 Å². The molecule has 0 amide bonds. The van der Waals surface area contributed by atoms with E-state index >= 15 is 0 Å². The molecule has 0 spiro atoms. The number of hydrogen-bond donors (Lipinski definition) is 0. The number of aromatic nitrogens is 2. The van der Waals surface area contributed by atoms with Gasteiger partial charge in [-0.05, 0) is 0 Å². The van der Waals surface area contributed by atoms with Crippen LogP contribution in [0.4, 0.5) is 0 Å². The van der Waals surface area contributed by atoms with Crippen molar-refractivity contribution in [2.45, 2.75) is 77.3 Å². The van der Waals surface area contributed by atoms with Gasteiger partial charge < -0.3 is 0 Å². The van der Waals surface area contributed by atoms with Crippen LogP contribution in [-0.4, -0.2) is 40.2 Å². The van der Waals surface area contributed by atoms with Crippen LogP contribution in [0.1, 0.15) is 12.8 Å². The molecule has 0 bridgehead atoms. The van der Waals surface area contributed by atoms with Crippen molar-refractivity contribution in [2.24, 2.45) is 0 Å². The first-order valence-electron chi connectivity index (χ1n) is 12.4. The Bertz CT molecular complexity index is 1130. The summed E-state index contributed by atoms with van der Waals surface area (Å²) in [6.45, 7) is 17.2. The maximum atomic E-state index is 2.53. The Hall–Kier alpha value is -1.53. The second-order valence-electron chi connectivity index (χ2n) is 11.8. The van der Waals surface area contributed by atoms with Crippen molar-refractivity contribution >= 4 is 61.8 Å². The Labute approximate surface area is 208 Å². The van der Waals surface area contributed by atoms with Gasteiger partial charge in [0, 0.05) is 0 Å². The number of benzene rings is 2. The Morgan fingerprint density at radius 3 is 1.39 bits per heavy atom. The van der Waals surface area contributed by atoms with E-state index in [-0.39, 0.29) is 0 Å². The van der Waals surface area contributed by atoms with Gasteiger partial charge in [0.05, 0.1) is 0 Å². The van der Waals surface area contributed by atoms with Crippen molar-refractivity contribution in [1.29, 1.82) is 0 Å². The van der Waals surface area contributed by atoms with Crippen LogP contribution < -0.4 is 8.92 Å². The zero-order valence-corrected chi connectivity index (χ0v) is 25.0. The van der Waals surface area contributed by atoms with Gasteiger partial charge in [-0.3, -0.25) is 0 Å². The van der Waals surface area contributed by atoms with Crippen LogP contribution in [0.5, 0.6) is 0 Å². The third-order valence-corrected chi connectivity index (χ3v) is 12.4. The predicted molar refractivity (Wildman–Crippen MR) is 154 cm³/mol. The summed E-state index contributed by atoms with van der Waals surface area (Å²) in [4.78, 5) is 0. The second-order valence-corrected chi connectivity index (χ2v) is 25.4. The topological polar surface area (TPSA) is 9.86 Å². The molecule has 176 valence electrons. The molecule has 0 atom stereocenters. The molecule has 0 unspecified atom stereocenters. The van der Waals surface area contributed by atoms with E-state index in [1.807, 2.05) is 0 Å². The van der Waals surface area contributed by atoms with Crippen molar-refractivity contribution in [3.8, 4) is 0 Å². The van der Waals surface area contributed by atoms with E-state index in [4.69, 9.17) is 0 Å². The fourth-order valence-corrected chi connectivity index (χ4v) is 9.51. The monoisotopic (exact) mass is 540 g/mol. The molecule has 0 fully saturated rings. The Balaban J connectivity index is 1.61. The molecule has 4 rings (SSSR count). The number of hydrogen-bond acceptors (Lipinski definition) is 0. The van der Waals surface area contributed by atoms with Crippen molar-refractivity contribution in [2.75, 3.05) is 0 Å². The molecule has 0 N–H and O–H groups in total. The number of para-hydroxylation sites is 2. The first kappa shape index (κ1) is 24.6. The molecule has 0 aliphatic rings. The first-order valence-corrected chi connectivity index (χ1v) is 21.6. The number of aryl methyl sites for hydroxylation is 2. The quantitative estimate of drug-likeness (QED) is 0.198. The van der Waals surface area contributed by atoms with Gasteiger partial charge in [0.25, 0.3) is 0 Å². The summed E-state index contributed by atoms with van der Waals surface area (Å²) in [5, 5.41) is 2.89. The normalized spacial score (nSPS) is 12.8. The van der Waals surface area contributed by atoms with E-state index in [9.17, 15) is 0 Å². The second kappa shape index (κ2) is 9.99. The maximum absolute atomic E-state index is 2.53. The zero-order valence-electron chi connectivity index (χ0n) is 21.3. The zero-order chi connectivity index (χ0) is 23.6. The van der Waals surface area contributed by atoms with Crippen LogP contribution in [0.2, 0.25) is 51.4 Å². The molecule has 4 aromatic rings. The van der Waals surface area contributed by atoms with E-state index in [1.165, 1.54) is 55.7 Å². The summed E-state index contributed by atoms with van der Waals surface area (Å²) in [5.74, 6) is 0. The average molecular weight is 540 g/mol. The standard InChI is InChI=1S/C28H40N2SeSi2/c1-32(2,3)19-11-17-29-21-27(23-13-7-9-15-25(23)29)31-28-22-30(18-12-20-33(4,5)6)26-16-10-8-14-24(26)28/h7-10,13-16,21-22H,11-12,17-20H2,1-6H3. The fraction of sp³-hybridized carbons (Fsp3) is 0.429. The number of fused-ring (bicyclic) bond motifs is 2. The molecule has 0 aliphatic heterocycles. The number of nitrogens with zero attached hydrogens (tertiary/aromatic N) is 2. The summed E-state index contributed by atoms with van der Waals surface area (Å²) in [6.07, 6.45) is 7.51. The van der Waals surface area contributed by atoms with Crippen molar-refractivity contribution in [3.63, 3.8) is 0 Å². The molecule has 0 saturated heterocycles. The Kier molecular flexibility index (Phi) is 7.45. The van der Waals surface area contributed by atoms with Gasteiger partial charge in [0.1, 0.15) is 0 Å². The van der Waals surface area contributed by atoms with Gasteiger partial charge in [-0.1, -0.05) is 0 Å². The fourth-order valence-electron chi connectivity index (χ4n) is 4.64. The first-order chi connectivity index (χ1) is 15.6. The van der Waals surface area contributed by atoms with Crippen molar-refractivity contribution in [1.82, 2.24) is 9.13 Å². The minimum atomic E-state index is -0.993. The molecule has 2 aromatic heterocycles. The predicted octanol–water partition coefficient (Wildman–Crippen LogP) is 6.71. The molecule has 2 nitrogen and oxygen atoms in total. The molecular formula is C28H40N2SeSi2. The van der Waals surface area contributed by atoms with E-state index in [2.05, 4.69) is 109 Å². The SMILES string of the molecule is C[Si](C)(C)CCCn1cc([Se]c2cn(CCC[Si](C)(C)C)c3ccccc23)c2ccccc21. The molecule has 2 heterocycles. The van der Waals surface area contributed by atoms with E-state index < -0.39 is 16.1 Å².